The van der Waals surface area contributed by atoms with Gasteiger partial charge in [-0.2, -0.15) is 5.10 Å². The highest BCUT2D eigenvalue weighted by atomic mass is 35.5. The van der Waals surface area contributed by atoms with Gasteiger partial charge in [-0.25, -0.2) is 4.39 Å². The number of aryl methyl sites for hydroxylation is 1. The largest absolute Gasteiger partial charge is 0.330 e. The molecule has 1 aromatic heterocycles. The second kappa shape index (κ2) is 6.20. The van der Waals surface area contributed by atoms with E-state index in [-0.39, 0.29) is 40.2 Å². The van der Waals surface area contributed by atoms with Crippen molar-refractivity contribution < 1.29 is 14.1 Å². The number of carbonyl (C=O) groups is 1. The van der Waals surface area contributed by atoms with E-state index in [2.05, 4.69) is 10.2 Å². The van der Waals surface area contributed by atoms with E-state index in [1.165, 1.54) is 30.0 Å². The summed E-state index contributed by atoms with van der Waals surface area (Å²) in [7, 11) is 0. The minimum Gasteiger partial charge on any atom is -0.330 e. The normalized spacial score (nSPS) is 13.8. The van der Waals surface area contributed by atoms with Crippen molar-refractivity contribution in [2.75, 3.05) is 0 Å². The standard InChI is InChI=1S/C15H14ClFN4O3/c1-8-14(21(23)24)13(19-18-8)15(22)20(9-5-6-9)7-10-11(16)3-2-4-12(10)17/h2-4,9H,5-7H2,1H3,(H,18,19). The van der Waals surface area contributed by atoms with Crippen LogP contribution in [0.1, 0.15) is 34.6 Å². The first-order valence-corrected chi connectivity index (χ1v) is 7.71. The summed E-state index contributed by atoms with van der Waals surface area (Å²) in [5, 5.41) is 17.6. The van der Waals surface area contributed by atoms with E-state index in [1.807, 2.05) is 0 Å². The number of aromatic amines is 1. The predicted octanol–water partition coefficient (Wildman–Crippen LogP) is 3.22. The maximum atomic E-state index is 14.0. The van der Waals surface area contributed by atoms with Gasteiger partial charge in [0.25, 0.3) is 5.91 Å². The average Bonchev–Trinajstić information content (AvgIpc) is 3.28. The molecule has 0 aliphatic heterocycles. The zero-order valence-corrected chi connectivity index (χ0v) is 13.5. The number of rotatable bonds is 5. The number of hydrogen-bond donors (Lipinski definition) is 1. The Morgan fingerprint density at radius 1 is 1.54 bits per heavy atom. The highest BCUT2D eigenvalue weighted by Crippen LogP contribution is 2.33. The van der Waals surface area contributed by atoms with E-state index in [0.717, 1.165) is 12.8 Å². The molecular weight excluding hydrogens is 339 g/mol. The van der Waals surface area contributed by atoms with Crippen molar-refractivity contribution in [1.82, 2.24) is 15.1 Å². The lowest BCUT2D eigenvalue weighted by Crippen LogP contribution is -2.33. The van der Waals surface area contributed by atoms with Gasteiger partial charge in [0.1, 0.15) is 11.5 Å². The minimum absolute atomic E-state index is 0.0575. The number of benzene rings is 1. The van der Waals surface area contributed by atoms with Gasteiger partial charge in [-0.3, -0.25) is 20.0 Å². The Labute approximate surface area is 141 Å². The summed E-state index contributed by atoms with van der Waals surface area (Å²) in [5.41, 5.74) is -0.237. The number of hydrogen-bond acceptors (Lipinski definition) is 4. The van der Waals surface area contributed by atoms with Crippen LogP contribution in [-0.2, 0) is 6.54 Å². The maximum Gasteiger partial charge on any atom is 0.322 e. The Morgan fingerprint density at radius 2 is 2.25 bits per heavy atom. The van der Waals surface area contributed by atoms with Gasteiger partial charge >= 0.3 is 5.69 Å². The van der Waals surface area contributed by atoms with Crippen LogP contribution in [0.25, 0.3) is 0 Å². The van der Waals surface area contributed by atoms with Crippen molar-refractivity contribution in [3.05, 3.63) is 56.1 Å². The SMILES string of the molecule is Cc1[nH]nc(C(=O)N(Cc2c(F)cccc2Cl)C2CC2)c1[N+](=O)[O-]. The molecule has 0 radical (unpaired) electrons. The van der Waals surface area contributed by atoms with Crippen LogP contribution in [-0.4, -0.2) is 32.0 Å². The van der Waals surface area contributed by atoms with Crippen molar-refractivity contribution in [3.8, 4) is 0 Å². The smallest absolute Gasteiger partial charge is 0.322 e. The average molecular weight is 353 g/mol. The van der Waals surface area contributed by atoms with E-state index in [1.54, 1.807) is 0 Å². The number of halogens is 2. The van der Waals surface area contributed by atoms with Gasteiger partial charge in [-0.05, 0) is 31.9 Å². The van der Waals surface area contributed by atoms with Crippen molar-refractivity contribution in [2.24, 2.45) is 0 Å². The summed E-state index contributed by atoms with van der Waals surface area (Å²) in [4.78, 5) is 24.7. The molecule has 1 heterocycles. The van der Waals surface area contributed by atoms with Crippen LogP contribution in [0.5, 0.6) is 0 Å². The Hall–Kier alpha value is -2.48. The van der Waals surface area contributed by atoms with Gasteiger partial charge in [0, 0.05) is 16.6 Å². The second-order valence-corrected chi connectivity index (χ2v) is 6.07. The Kier molecular flexibility index (Phi) is 4.23. The topological polar surface area (TPSA) is 92.1 Å². The molecule has 7 nitrogen and oxygen atoms in total. The lowest BCUT2D eigenvalue weighted by molar-refractivity contribution is -0.385. The predicted molar refractivity (Wildman–Crippen MR) is 84.3 cm³/mol. The molecule has 1 aliphatic carbocycles. The van der Waals surface area contributed by atoms with Gasteiger partial charge in [-0.1, -0.05) is 17.7 Å². The van der Waals surface area contributed by atoms with Crippen molar-refractivity contribution >= 4 is 23.2 Å². The van der Waals surface area contributed by atoms with Crippen molar-refractivity contribution in [2.45, 2.75) is 32.4 Å². The number of aromatic nitrogens is 2. The summed E-state index contributed by atoms with van der Waals surface area (Å²) in [6.45, 7) is 1.41. The molecular formula is C15H14ClFN4O3. The summed E-state index contributed by atoms with van der Waals surface area (Å²) in [6.07, 6.45) is 1.52. The molecule has 0 spiro atoms. The van der Waals surface area contributed by atoms with Gasteiger partial charge in [-0.15, -0.1) is 0 Å². The first-order chi connectivity index (χ1) is 11.4. The molecule has 0 atom stereocenters. The van der Waals surface area contributed by atoms with E-state index in [0.29, 0.717) is 0 Å². The quantitative estimate of drug-likeness (QED) is 0.660. The van der Waals surface area contributed by atoms with E-state index >= 15 is 0 Å². The molecule has 0 saturated heterocycles. The molecule has 3 rings (SSSR count). The Bertz CT molecular complexity index is 799. The molecule has 24 heavy (non-hydrogen) atoms. The molecule has 0 bridgehead atoms. The summed E-state index contributed by atoms with van der Waals surface area (Å²) in [5.74, 6) is -1.12. The van der Waals surface area contributed by atoms with Gasteiger partial charge in [0.2, 0.25) is 5.69 Å². The fraction of sp³-hybridized carbons (Fsp3) is 0.333. The highest BCUT2D eigenvalue weighted by Gasteiger charge is 2.38. The molecule has 1 aliphatic rings. The van der Waals surface area contributed by atoms with E-state index < -0.39 is 16.6 Å². The molecule has 1 fully saturated rings. The Balaban J connectivity index is 1.95. The first kappa shape index (κ1) is 16.4. The summed E-state index contributed by atoms with van der Waals surface area (Å²) in [6, 6.07) is 4.19. The van der Waals surface area contributed by atoms with Gasteiger partial charge in [0.05, 0.1) is 11.5 Å². The van der Waals surface area contributed by atoms with Gasteiger partial charge < -0.3 is 4.90 Å². The lowest BCUT2D eigenvalue weighted by Gasteiger charge is -2.22. The molecule has 1 N–H and O–H groups in total. The van der Waals surface area contributed by atoms with Crippen LogP contribution in [0.3, 0.4) is 0 Å². The number of nitrogens with one attached hydrogen (secondary N) is 1. The molecule has 126 valence electrons. The molecule has 9 heteroatoms. The third-order valence-corrected chi connectivity index (χ3v) is 4.29. The van der Waals surface area contributed by atoms with Crippen LogP contribution >= 0.6 is 11.6 Å². The number of nitrogens with zero attached hydrogens (tertiary/aromatic N) is 3. The number of amides is 1. The number of nitro groups is 1. The van der Waals surface area contributed by atoms with Crippen LogP contribution in [0.15, 0.2) is 18.2 Å². The molecule has 1 saturated carbocycles. The molecule has 1 aromatic carbocycles. The van der Waals surface area contributed by atoms with Crippen LogP contribution in [0.2, 0.25) is 5.02 Å². The number of carbonyl (C=O) groups excluding carboxylic acids is 1. The highest BCUT2D eigenvalue weighted by molar-refractivity contribution is 6.31. The van der Waals surface area contributed by atoms with Gasteiger partial charge in [0.15, 0.2) is 0 Å². The van der Waals surface area contributed by atoms with Crippen molar-refractivity contribution in [3.63, 3.8) is 0 Å². The third kappa shape index (κ3) is 2.96. The zero-order valence-electron chi connectivity index (χ0n) is 12.8. The third-order valence-electron chi connectivity index (χ3n) is 3.94. The van der Waals surface area contributed by atoms with E-state index in [4.69, 9.17) is 11.6 Å². The monoisotopic (exact) mass is 352 g/mol. The Morgan fingerprint density at radius 3 is 2.83 bits per heavy atom. The molecule has 1 amide bonds. The molecule has 2 aromatic rings. The maximum absolute atomic E-state index is 14.0. The lowest BCUT2D eigenvalue weighted by atomic mass is 10.1. The zero-order chi connectivity index (χ0) is 17.4. The first-order valence-electron chi connectivity index (χ1n) is 7.33. The van der Waals surface area contributed by atoms with E-state index in [9.17, 15) is 19.3 Å². The van der Waals surface area contributed by atoms with Crippen LogP contribution < -0.4 is 0 Å². The number of H-pyrrole nitrogens is 1. The fourth-order valence-corrected chi connectivity index (χ4v) is 2.76. The minimum atomic E-state index is -0.646. The van der Waals surface area contributed by atoms with Crippen LogP contribution in [0.4, 0.5) is 10.1 Å². The summed E-state index contributed by atoms with van der Waals surface area (Å²) < 4.78 is 14.0. The fourth-order valence-electron chi connectivity index (χ4n) is 2.54. The summed E-state index contributed by atoms with van der Waals surface area (Å²) >= 11 is 6.03. The van der Waals surface area contributed by atoms with Crippen LogP contribution in [0, 0.1) is 22.9 Å². The molecule has 0 unspecified atom stereocenters. The second-order valence-electron chi connectivity index (χ2n) is 5.67. The van der Waals surface area contributed by atoms with Crippen molar-refractivity contribution in [1.29, 1.82) is 0 Å².